The van der Waals surface area contributed by atoms with Crippen LogP contribution in [0.15, 0.2) is 91.4 Å². The fraction of sp³-hybridized carbons (Fsp3) is 0.111. The molecule has 0 aliphatic rings. The standard InChI is InChI=1S/C27H22ClFN4/c1-18(32-27-22-9-5-6-10-26(22)30-15-24(27)28)23-13-20(11-12-25(23)29)21-14-31-33(17-21)16-19-7-3-2-4-8-19/h2-15,17-18H,16H2,1H3,(H,30,32)/t18-/m1/s1. The minimum atomic E-state index is -0.312. The minimum Gasteiger partial charge on any atom is -0.377 e. The van der Waals surface area contributed by atoms with E-state index in [1.165, 1.54) is 11.6 Å². The van der Waals surface area contributed by atoms with E-state index in [-0.39, 0.29) is 11.9 Å². The molecule has 2 heterocycles. The lowest BCUT2D eigenvalue weighted by atomic mass is 10.0. The highest BCUT2D eigenvalue weighted by atomic mass is 35.5. The van der Waals surface area contributed by atoms with E-state index in [1.54, 1.807) is 12.3 Å². The summed E-state index contributed by atoms with van der Waals surface area (Å²) < 4.78 is 16.7. The lowest BCUT2D eigenvalue weighted by molar-refractivity contribution is 0.600. The quantitative estimate of drug-likeness (QED) is 0.296. The molecular formula is C27H22ClFN4. The van der Waals surface area contributed by atoms with Gasteiger partial charge in [-0.25, -0.2) is 4.39 Å². The Kier molecular flexibility index (Phi) is 5.80. The maximum absolute atomic E-state index is 14.8. The number of pyridine rings is 1. The smallest absolute Gasteiger partial charge is 0.128 e. The van der Waals surface area contributed by atoms with Gasteiger partial charge in [0, 0.05) is 28.9 Å². The monoisotopic (exact) mass is 456 g/mol. The van der Waals surface area contributed by atoms with Crippen molar-refractivity contribution in [1.82, 2.24) is 14.8 Å². The van der Waals surface area contributed by atoms with Crippen LogP contribution in [0, 0.1) is 5.82 Å². The molecule has 1 N–H and O–H groups in total. The van der Waals surface area contributed by atoms with Gasteiger partial charge < -0.3 is 5.32 Å². The molecule has 2 aromatic heterocycles. The summed E-state index contributed by atoms with van der Waals surface area (Å²) in [6.07, 6.45) is 5.41. The summed E-state index contributed by atoms with van der Waals surface area (Å²) >= 11 is 6.44. The third-order valence-electron chi connectivity index (χ3n) is 5.71. The average Bonchev–Trinajstić information content (AvgIpc) is 3.30. The zero-order valence-corrected chi connectivity index (χ0v) is 18.8. The van der Waals surface area contributed by atoms with Gasteiger partial charge >= 0.3 is 0 Å². The summed E-state index contributed by atoms with van der Waals surface area (Å²) in [4.78, 5) is 4.37. The summed E-state index contributed by atoms with van der Waals surface area (Å²) in [5, 5.41) is 9.27. The molecule has 4 nitrogen and oxygen atoms in total. The maximum atomic E-state index is 14.8. The number of nitrogens with one attached hydrogen (secondary N) is 1. The molecule has 33 heavy (non-hydrogen) atoms. The van der Waals surface area contributed by atoms with Crippen LogP contribution in [0.1, 0.15) is 24.1 Å². The van der Waals surface area contributed by atoms with Gasteiger partial charge in [-0.05, 0) is 36.2 Å². The van der Waals surface area contributed by atoms with E-state index in [4.69, 9.17) is 11.6 Å². The number of rotatable bonds is 6. The molecule has 0 saturated heterocycles. The summed E-state index contributed by atoms with van der Waals surface area (Å²) in [6, 6.07) is 22.7. The second-order valence-electron chi connectivity index (χ2n) is 8.01. The van der Waals surface area contributed by atoms with Crippen molar-refractivity contribution in [2.24, 2.45) is 0 Å². The summed E-state index contributed by atoms with van der Waals surface area (Å²) in [6.45, 7) is 2.60. The van der Waals surface area contributed by atoms with Gasteiger partial charge in [0.2, 0.25) is 0 Å². The van der Waals surface area contributed by atoms with Crippen LogP contribution in [-0.4, -0.2) is 14.8 Å². The van der Waals surface area contributed by atoms with Crippen molar-refractivity contribution < 1.29 is 4.39 Å². The molecule has 0 spiro atoms. The van der Waals surface area contributed by atoms with E-state index in [9.17, 15) is 4.39 Å². The van der Waals surface area contributed by atoms with Gasteiger partial charge in [0.1, 0.15) is 5.82 Å². The fourth-order valence-corrected chi connectivity index (χ4v) is 4.19. The van der Waals surface area contributed by atoms with Crippen LogP contribution in [0.3, 0.4) is 0 Å². The molecule has 0 amide bonds. The number of para-hydroxylation sites is 1. The molecule has 6 heteroatoms. The second kappa shape index (κ2) is 9.04. The zero-order chi connectivity index (χ0) is 22.8. The highest BCUT2D eigenvalue weighted by Crippen LogP contribution is 2.34. The number of aromatic nitrogens is 3. The molecule has 0 radical (unpaired) electrons. The van der Waals surface area contributed by atoms with Crippen LogP contribution in [-0.2, 0) is 6.54 Å². The van der Waals surface area contributed by atoms with Crippen molar-refractivity contribution in [2.75, 3.05) is 5.32 Å². The van der Waals surface area contributed by atoms with Crippen LogP contribution in [0.4, 0.5) is 10.1 Å². The third-order valence-corrected chi connectivity index (χ3v) is 5.99. The summed E-state index contributed by atoms with van der Waals surface area (Å²) in [7, 11) is 0. The second-order valence-corrected chi connectivity index (χ2v) is 8.42. The molecule has 3 aromatic carbocycles. The van der Waals surface area contributed by atoms with E-state index in [1.807, 2.05) is 72.5 Å². The molecular weight excluding hydrogens is 435 g/mol. The summed E-state index contributed by atoms with van der Waals surface area (Å²) in [5.74, 6) is -0.273. The van der Waals surface area contributed by atoms with E-state index in [0.29, 0.717) is 17.1 Å². The molecule has 0 aliphatic carbocycles. The minimum absolute atomic E-state index is 0.273. The third kappa shape index (κ3) is 4.45. The number of hydrogen-bond donors (Lipinski definition) is 1. The Labute approximate surface area is 196 Å². The van der Waals surface area contributed by atoms with Crippen LogP contribution < -0.4 is 5.32 Å². The number of benzene rings is 3. The Morgan fingerprint density at radius 2 is 1.76 bits per heavy atom. The van der Waals surface area contributed by atoms with Crippen molar-refractivity contribution in [2.45, 2.75) is 19.5 Å². The Morgan fingerprint density at radius 3 is 2.61 bits per heavy atom. The number of fused-ring (bicyclic) bond motifs is 1. The van der Waals surface area contributed by atoms with E-state index < -0.39 is 0 Å². The Balaban J connectivity index is 1.42. The molecule has 0 bridgehead atoms. The van der Waals surface area contributed by atoms with E-state index in [2.05, 4.69) is 27.5 Å². The van der Waals surface area contributed by atoms with Crippen molar-refractivity contribution >= 4 is 28.2 Å². The van der Waals surface area contributed by atoms with E-state index >= 15 is 0 Å². The van der Waals surface area contributed by atoms with Gasteiger partial charge in [-0.15, -0.1) is 0 Å². The molecule has 0 aliphatic heterocycles. The van der Waals surface area contributed by atoms with Gasteiger partial charge in [-0.2, -0.15) is 5.10 Å². The van der Waals surface area contributed by atoms with Crippen LogP contribution in [0.5, 0.6) is 0 Å². The van der Waals surface area contributed by atoms with Gasteiger partial charge in [-0.3, -0.25) is 9.67 Å². The van der Waals surface area contributed by atoms with Crippen LogP contribution in [0.2, 0.25) is 5.02 Å². The normalized spacial score (nSPS) is 12.1. The number of hydrogen-bond acceptors (Lipinski definition) is 3. The first-order valence-electron chi connectivity index (χ1n) is 10.7. The van der Waals surface area contributed by atoms with Gasteiger partial charge in [0.05, 0.1) is 35.0 Å². The lowest BCUT2D eigenvalue weighted by Crippen LogP contribution is -2.10. The highest BCUT2D eigenvalue weighted by Gasteiger charge is 2.16. The first-order chi connectivity index (χ1) is 16.1. The Hall–Kier alpha value is -3.70. The van der Waals surface area contributed by atoms with Crippen molar-refractivity contribution in [3.63, 3.8) is 0 Å². The molecule has 5 rings (SSSR count). The van der Waals surface area contributed by atoms with Crippen molar-refractivity contribution in [1.29, 1.82) is 0 Å². The summed E-state index contributed by atoms with van der Waals surface area (Å²) in [5.41, 5.74) is 5.15. The van der Waals surface area contributed by atoms with Gasteiger partial charge in [0.15, 0.2) is 0 Å². The van der Waals surface area contributed by atoms with Gasteiger partial charge in [0.25, 0.3) is 0 Å². The number of anilines is 1. The molecule has 0 unspecified atom stereocenters. The lowest BCUT2D eigenvalue weighted by Gasteiger charge is -2.19. The first-order valence-corrected chi connectivity index (χ1v) is 11.1. The molecule has 164 valence electrons. The van der Waals surface area contributed by atoms with E-state index in [0.717, 1.165) is 27.7 Å². The fourth-order valence-electron chi connectivity index (χ4n) is 3.98. The molecule has 0 saturated carbocycles. The van der Waals surface area contributed by atoms with Crippen molar-refractivity contribution in [3.05, 3.63) is 113 Å². The average molecular weight is 457 g/mol. The van der Waals surface area contributed by atoms with Crippen LogP contribution >= 0.6 is 11.6 Å². The SMILES string of the molecule is C[C@@H](Nc1c(Cl)cnc2ccccc12)c1cc(-c2cnn(Cc3ccccc3)c2)ccc1F. The predicted molar refractivity (Wildman–Crippen MR) is 132 cm³/mol. The Morgan fingerprint density at radius 1 is 0.970 bits per heavy atom. The molecule has 1 atom stereocenters. The predicted octanol–water partition coefficient (Wildman–Crippen LogP) is 7.11. The first kappa shape index (κ1) is 21.2. The zero-order valence-electron chi connectivity index (χ0n) is 18.0. The molecule has 0 fully saturated rings. The maximum Gasteiger partial charge on any atom is 0.128 e. The van der Waals surface area contributed by atoms with Crippen LogP contribution in [0.25, 0.3) is 22.0 Å². The largest absolute Gasteiger partial charge is 0.377 e. The van der Waals surface area contributed by atoms with Crippen molar-refractivity contribution in [3.8, 4) is 11.1 Å². The topological polar surface area (TPSA) is 42.7 Å². The highest BCUT2D eigenvalue weighted by molar-refractivity contribution is 6.34. The van der Waals surface area contributed by atoms with Gasteiger partial charge in [-0.1, -0.05) is 66.2 Å². The Bertz CT molecular complexity index is 1410. The molecule has 5 aromatic rings. The number of halogens is 2. The number of nitrogens with zero attached hydrogens (tertiary/aromatic N) is 3.